The second kappa shape index (κ2) is 6.37. The van der Waals surface area contributed by atoms with Crippen LogP contribution < -0.4 is 15.8 Å². The van der Waals surface area contributed by atoms with Crippen LogP contribution in [-0.2, 0) is 4.79 Å². The van der Waals surface area contributed by atoms with E-state index in [4.69, 9.17) is 10.5 Å². The van der Waals surface area contributed by atoms with Gasteiger partial charge in [-0.1, -0.05) is 6.07 Å². The zero-order valence-corrected chi connectivity index (χ0v) is 10.7. The minimum absolute atomic E-state index is 0.0203. The number of anilines is 1. The molecule has 0 spiro atoms. The first-order valence-corrected chi connectivity index (χ1v) is 5.88. The highest BCUT2D eigenvalue weighted by atomic mass is 79.9. The van der Waals surface area contributed by atoms with Crippen LogP contribution in [0.3, 0.4) is 0 Å². The van der Waals surface area contributed by atoms with E-state index in [1.54, 1.807) is 6.07 Å². The van der Waals surface area contributed by atoms with Gasteiger partial charge in [-0.15, -0.1) is 0 Å². The molecule has 1 aromatic carbocycles. The van der Waals surface area contributed by atoms with E-state index >= 15 is 0 Å². The summed E-state index contributed by atoms with van der Waals surface area (Å²) in [7, 11) is 0. The van der Waals surface area contributed by atoms with E-state index in [2.05, 4.69) is 21.2 Å². The summed E-state index contributed by atoms with van der Waals surface area (Å²) in [6.07, 6.45) is 0.328. The molecule has 1 rings (SSSR count). The van der Waals surface area contributed by atoms with Gasteiger partial charge in [0.05, 0.1) is 23.2 Å². The largest absolute Gasteiger partial charge is 0.490 e. The fourth-order valence-electron chi connectivity index (χ4n) is 1.21. The maximum atomic E-state index is 11.2. The molecular formula is C11H15BrN2O2. The van der Waals surface area contributed by atoms with Gasteiger partial charge in [-0.25, -0.2) is 0 Å². The van der Waals surface area contributed by atoms with Crippen molar-refractivity contribution >= 4 is 27.5 Å². The van der Waals surface area contributed by atoms with Crippen LogP contribution in [0.5, 0.6) is 5.75 Å². The maximum absolute atomic E-state index is 11.2. The summed E-state index contributed by atoms with van der Waals surface area (Å²) in [4.78, 5) is 11.2. The number of carbonyl (C=O) groups is 1. The number of para-hydroxylation sites is 1. The van der Waals surface area contributed by atoms with Crippen molar-refractivity contribution in [2.45, 2.75) is 13.3 Å². The number of halogens is 1. The molecule has 0 aliphatic carbocycles. The molecule has 1 aromatic rings. The fraction of sp³-hybridized carbons (Fsp3) is 0.364. The highest BCUT2D eigenvalue weighted by molar-refractivity contribution is 9.10. The third-order valence-electron chi connectivity index (χ3n) is 1.95. The zero-order chi connectivity index (χ0) is 12.0. The summed E-state index contributed by atoms with van der Waals surface area (Å²) in [6.45, 7) is 2.83. The lowest BCUT2D eigenvalue weighted by molar-refractivity contribution is -0.121. The molecule has 5 heteroatoms. The van der Waals surface area contributed by atoms with Crippen molar-refractivity contribution in [2.75, 3.05) is 18.9 Å². The van der Waals surface area contributed by atoms with Crippen LogP contribution in [0.1, 0.15) is 13.3 Å². The third-order valence-corrected chi connectivity index (χ3v) is 2.57. The molecule has 1 amide bonds. The van der Waals surface area contributed by atoms with Crippen LogP contribution in [0.4, 0.5) is 5.69 Å². The number of benzene rings is 1. The Balaban J connectivity index is 2.46. The molecule has 0 unspecified atom stereocenters. The first-order valence-electron chi connectivity index (χ1n) is 5.08. The van der Waals surface area contributed by atoms with Gasteiger partial charge in [-0.05, 0) is 35.0 Å². The molecule has 0 aliphatic rings. The maximum Gasteiger partial charge on any atom is 0.223 e. The van der Waals surface area contributed by atoms with Gasteiger partial charge in [-0.2, -0.15) is 0 Å². The average molecular weight is 287 g/mol. The van der Waals surface area contributed by atoms with E-state index in [1.807, 2.05) is 19.1 Å². The molecule has 16 heavy (non-hydrogen) atoms. The number of carbonyl (C=O) groups excluding carboxylic acids is 1. The molecule has 0 saturated carbocycles. The van der Waals surface area contributed by atoms with Crippen molar-refractivity contribution in [3.63, 3.8) is 0 Å². The molecule has 0 radical (unpaired) electrons. The number of nitrogens with one attached hydrogen (secondary N) is 1. The standard InChI is InChI=1S/C11H15BrN2O2/c1-2-14-10(15)6-7-16-11-8(12)4-3-5-9(11)13/h3-5H,2,6-7,13H2,1H3,(H,14,15). The van der Waals surface area contributed by atoms with Crippen LogP contribution in [0.15, 0.2) is 22.7 Å². The molecule has 88 valence electrons. The Morgan fingerprint density at radius 2 is 2.31 bits per heavy atom. The summed E-state index contributed by atoms with van der Waals surface area (Å²) < 4.78 is 6.25. The summed E-state index contributed by atoms with van der Waals surface area (Å²) in [5.41, 5.74) is 6.30. The number of nitrogen functional groups attached to an aromatic ring is 1. The van der Waals surface area contributed by atoms with E-state index in [0.29, 0.717) is 31.0 Å². The fourth-order valence-corrected chi connectivity index (χ4v) is 1.71. The van der Waals surface area contributed by atoms with E-state index in [9.17, 15) is 4.79 Å². The Bertz CT molecular complexity index is 349. The van der Waals surface area contributed by atoms with Crippen molar-refractivity contribution in [1.29, 1.82) is 0 Å². The molecule has 0 aromatic heterocycles. The number of hydrogen-bond donors (Lipinski definition) is 2. The van der Waals surface area contributed by atoms with Crippen molar-refractivity contribution in [3.05, 3.63) is 22.7 Å². The first kappa shape index (κ1) is 12.8. The highest BCUT2D eigenvalue weighted by Crippen LogP contribution is 2.30. The predicted octanol–water partition coefficient (Wildman–Crippen LogP) is 1.94. The molecule has 0 aliphatic heterocycles. The summed E-state index contributed by atoms with van der Waals surface area (Å²) in [5.74, 6) is 0.569. The minimum Gasteiger partial charge on any atom is -0.490 e. The molecule has 0 saturated heterocycles. The van der Waals surface area contributed by atoms with Crippen LogP contribution in [0, 0.1) is 0 Å². The topological polar surface area (TPSA) is 64.3 Å². The summed E-state index contributed by atoms with van der Waals surface area (Å²) in [6, 6.07) is 5.43. The Hall–Kier alpha value is -1.23. The van der Waals surface area contributed by atoms with E-state index < -0.39 is 0 Å². The van der Waals surface area contributed by atoms with Crippen molar-refractivity contribution < 1.29 is 9.53 Å². The van der Waals surface area contributed by atoms with Gasteiger partial charge in [0.25, 0.3) is 0 Å². The molecule has 0 heterocycles. The van der Waals surface area contributed by atoms with Crippen LogP contribution in [0.25, 0.3) is 0 Å². The molecule has 0 fully saturated rings. The molecule has 3 N–H and O–H groups in total. The number of hydrogen-bond acceptors (Lipinski definition) is 3. The smallest absolute Gasteiger partial charge is 0.223 e. The lowest BCUT2D eigenvalue weighted by Gasteiger charge is -2.10. The van der Waals surface area contributed by atoms with Gasteiger partial charge in [0.1, 0.15) is 0 Å². The summed E-state index contributed by atoms with van der Waals surface area (Å²) in [5, 5.41) is 2.70. The molecule has 4 nitrogen and oxygen atoms in total. The highest BCUT2D eigenvalue weighted by Gasteiger charge is 2.06. The number of amides is 1. The van der Waals surface area contributed by atoms with Gasteiger partial charge in [0.2, 0.25) is 5.91 Å². The zero-order valence-electron chi connectivity index (χ0n) is 9.13. The summed E-state index contributed by atoms with van der Waals surface area (Å²) >= 11 is 3.34. The van der Waals surface area contributed by atoms with E-state index in [-0.39, 0.29) is 5.91 Å². The Labute approximate surface area is 103 Å². The quantitative estimate of drug-likeness (QED) is 0.813. The number of ether oxygens (including phenoxy) is 1. The Morgan fingerprint density at radius 3 is 2.94 bits per heavy atom. The van der Waals surface area contributed by atoms with Crippen molar-refractivity contribution in [1.82, 2.24) is 5.32 Å². The molecular weight excluding hydrogens is 272 g/mol. The van der Waals surface area contributed by atoms with Gasteiger partial charge in [0.15, 0.2) is 5.75 Å². The lowest BCUT2D eigenvalue weighted by atomic mass is 10.3. The van der Waals surface area contributed by atoms with Crippen LogP contribution >= 0.6 is 15.9 Å². The molecule has 0 atom stereocenters. The third kappa shape index (κ3) is 3.73. The number of rotatable bonds is 5. The number of nitrogens with two attached hydrogens (primary N) is 1. The monoisotopic (exact) mass is 286 g/mol. The second-order valence-corrected chi connectivity index (χ2v) is 4.06. The van der Waals surface area contributed by atoms with Gasteiger partial charge >= 0.3 is 0 Å². The molecule has 0 bridgehead atoms. The van der Waals surface area contributed by atoms with Crippen LogP contribution in [0.2, 0.25) is 0 Å². The van der Waals surface area contributed by atoms with Gasteiger partial charge in [0, 0.05) is 6.54 Å². The minimum atomic E-state index is -0.0203. The van der Waals surface area contributed by atoms with E-state index in [1.165, 1.54) is 0 Å². The Kier molecular flexibility index (Phi) is 5.11. The Morgan fingerprint density at radius 1 is 1.56 bits per heavy atom. The van der Waals surface area contributed by atoms with E-state index in [0.717, 1.165) is 4.47 Å². The second-order valence-electron chi connectivity index (χ2n) is 3.21. The lowest BCUT2D eigenvalue weighted by Crippen LogP contribution is -2.24. The van der Waals surface area contributed by atoms with Crippen molar-refractivity contribution in [3.8, 4) is 5.75 Å². The van der Waals surface area contributed by atoms with Gasteiger partial charge in [-0.3, -0.25) is 4.79 Å². The van der Waals surface area contributed by atoms with Crippen molar-refractivity contribution in [2.24, 2.45) is 0 Å². The van der Waals surface area contributed by atoms with Crippen LogP contribution in [-0.4, -0.2) is 19.1 Å². The normalized spacial score (nSPS) is 9.88. The first-order chi connectivity index (χ1) is 7.65. The SMILES string of the molecule is CCNC(=O)CCOc1c(N)cccc1Br. The average Bonchev–Trinajstić information content (AvgIpc) is 2.23. The van der Waals surface area contributed by atoms with Gasteiger partial charge < -0.3 is 15.8 Å². The predicted molar refractivity (Wildman–Crippen MR) is 67.4 cm³/mol.